The fraction of sp³-hybridized carbons (Fsp3) is 0.750. The number of carboxylic acid groups (broad SMARTS) is 1. The lowest BCUT2D eigenvalue weighted by atomic mass is 10.0. The summed E-state index contributed by atoms with van der Waals surface area (Å²) in [5, 5.41) is 18.7. The largest absolute Gasteiger partial charge is 0.509 e. The molecule has 3 atom stereocenters. The van der Waals surface area contributed by atoms with Crippen molar-refractivity contribution in [2.24, 2.45) is 0 Å². The Balaban J connectivity index is 2.41. The maximum absolute atomic E-state index is 11.3. The summed E-state index contributed by atoms with van der Waals surface area (Å²) in [6.45, 7) is 6.20. The highest BCUT2D eigenvalue weighted by molar-refractivity contribution is 6.83. The first kappa shape index (κ1) is 19.5. The van der Waals surface area contributed by atoms with Gasteiger partial charge in [0.15, 0.2) is 12.2 Å². The number of cyclic esters (lactones) is 2. The Morgan fingerprint density at radius 2 is 1.87 bits per heavy atom. The van der Waals surface area contributed by atoms with Crippen LogP contribution in [0.15, 0.2) is 0 Å². The second-order valence-corrected chi connectivity index (χ2v) is 11.5. The Labute approximate surface area is 138 Å². The number of carbonyl (C=O) groups is 2. The van der Waals surface area contributed by atoms with Crippen LogP contribution >= 0.6 is 0 Å². The van der Waals surface area contributed by atoms with Gasteiger partial charge in [-0.15, -0.1) is 5.54 Å². The van der Waals surface area contributed by atoms with Crippen molar-refractivity contribution in [1.29, 1.82) is 0 Å². The predicted octanol–water partition coefficient (Wildman–Crippen LogP) is 2.56. The number of carbonyl (C=O) groups excluding carboxylic acids is 1. The molecule has 23 heavy (non-hydrogen) atoms. The van der Waals surface area contributed by atoms with Crippen LogP contribution in [0.1, 0.15) is 38.5 Å². The molecular weight excluding hydrogens is 316 g/mol. The van der Waals surface area contributed by atoms with Crippen LogP contribution in [0.5, 0.6) is 0 Å². The average Bonchev–Trinajstić information content (AvgIpc) is 2.80. The number of unbranched alkanes of at least 4 members (excludes halogenated alkanes) is 3. The number of hydrogen-bond acceptors (Lipinski definition) is 5. The van der Waals surface area contributed by atoms with Gasteiger partial charge in [-0.3, -0.25) is 4.79 Å². The van der Waals surface area contributed by atoms with E-state index in [1.807, 2.05) is 0 Å². The van der Waals surface area contributed by atoms with Crippen LogP contribution in [0.4, 0.5) is 4.79 Å². The van der Waals surface area contributed by atoms with Crippen LogP contribution in [0.3, 0.4) is 0 Å². The number of aliphatic hydroxyl groups excluding tert-OH is 1. The van der Waals surface area contributed by atoms with E-state index in [1.54, 1.807) is 0 Å². The standard InChI is InChI=1S/C16H26O6Si/c1-23(2,3)11-10-12(17)15-13(21-16(20)22-15)8-6-4-5-7-9-14(18)19/h12-13,15,17H,4-9H2,1-3H3,(H,18,19)/t12-,13-,15-/m0/s1. The molecule has 0 bridgehead atoms. The van der Waals surface area contributed by atoms with Crippen molar-refractivity contribution < 1.29 is 29.3 Å². The molecule has 1 heterocycles. The quantitative estimate of drug-likeness (QED) is 0.305. The van der Waals surface area contributed by atoms with Crippen molar-refractivity contribution in [3.8, 4) is 11.5 Å². The number of carboxylic acids is 1. The highest BCUT2D eigenvalue weighted by Gasteiger charge is 2.40. The van der Waals surface area contributed by atoms with Gasteiger partial charge in [0.1, 0.15) is 14.2 Å². The summed E-state index contributed by atoms with van der Waals surface area (Å²) < 4.78 is 10.1. The van der Waals surface area contributed by atoms with Crippen molar-refractivity contribution in [3.05, 3.63) is 0 Å². The van der Waals surface area contributed by atoms with Gasteiger partial charge in [0.2, 0.25) is 0 Å². The molecule has 0 aromatic carbocycles. The zero-order valence-electron chi connectivity index (χ0n) is 14.0. The third kappa shape index (κ3) is 8.05. The zero-order chi connectivity index (χ0) is 17.5. The van der Waals surface area contributed by atoms with Gasteiger partial charge in [0, 0.05) is 6.42 Å². The summed E-state index contributed by atoms with van der Waals surface area (Å²) >= 11 is 0. The van der Waals surface area contributed by atoms with E-state index in [0.717, 1.165) is 19.3 Å². The van der Waals surface area contributed by atoms with Crippen molar-refractivity contribution in [2.45, 2.75) is 76.5 Å². The summed E-state index contributed by atoms with van der Waals surface area (Å²) in [5.41, 5.74) is 3.06. The second kappa shape index (κ2) is 8.94. The Hall–Kier alpha value is -1.52. The van der Waals surface area contributed by atoms with E-state index in [4.69, 9.17) is 14.6 Å². The number of aliphatic hydroxyl groups is 1. The number of aliphatic carboxylic acids is 1. The van der Waals surface area contributed by atoms with E-state index in [0.29, 0.717) is 12.8 Å². The van der Waals surface area contributed by atoms with E-state index in [9.17, 15) is 14.7 Å². The Bertz CT molecular complexity index is 473. The Kier molecular flexibility index (Phi) is 7.59. The van der Waals surface area contributed by atoms with Gasteiger partial charge in [-0.2, -0.15) is 0 Å². The maximum Gasteiger partial charge on any atom is 0.509 e. The minimum absolute atomic E-state index is 0.176. The van der Waals surface area contributed by atoms with Gasteiger partial charge in [0.25, 0.3) is 0 Å². The summed E-state index contributed by atoms with van der Waals surface area (Å²) in [4.78, 5) is 21.7. The summed E-state index contributed by atoms with van der Waals surface area (Å²) in [5.74, 6) is 2.00. The molecule has 0 saturated carbocycles. The number of ether oxygens (including phenoxy) is 2. The molecule has 0 spiro atoms. The Morgan fingerprint density at radius 3 is 2.48 bits per heavy atom. The van der Waals surface area contributed by atoms with Gasteiger partial charge in [-0.25, -0.2) is 4.79 Å². The lowest BCUT2D eigenvalue weighted by molar-refractivity contribution is -0.137. The third-order valence-corrected chi connectivity index (χ3v) is 4.28. The molecular formula is C16H26O6Si. The molecule has 0 aliphatic carbocycles. The third-order valence-electron chi connectivity index (χ3n) is 3.38. The van der Waals surface area contributed by atoms with Crippen LogP contribution in [-0.2, 0) is 14.3 Å². The maximum atomic E-state index is 11.3. The molecule has 0 amide bonds. The van der Waals surface area contributed by atoms with Gasteiger partial charge < -0.3 is 19.7 Å². The van der Waals surface area contributed by atoms with Gasteiger partial charge >= 0.3 is 12.1 Å². The molecule has 0 aromatic rings. The van der Waals surface area contributed by atoms with Crippen LogP contribution < -0.4 is 0 Å². The van der Waals surface area contributed by atoms with Crippen molar-refractivity contribution >= 4 is 20.2 Å². The first-order valence-corrected chi connectivity index (χ1v) is 11.5. The highest BCUT2D eigenvalue weighted by Crippen LogP contribution is 2.23. The smallest absolute Gasteiger partial charge is 0.481 e. The highest BCUT2D eigenvalue weighted by atomic mass is 28.3. The molecule has 1 saturated heterocycles. The van der Waals surface area contributed by atoms with Crippen LogP contribution in [0, 0.1) is 11.5 Å². The van der Waals surface area contributed by atoms with E-state index >= 15 is 0 Å². The number of hydrogen-bond donors (Lipinski definition) is 2. The minimum Gasteiger partial charge on any atom is -0.481 e. The fourth-order valence-corrected chi connectivity index (χ4v) is 2.83. The molecule has 2 N–H and O–H groups in total. The molecule has 0 unspecified atom stereocenters. The lowest BCUT2D eigenvalue weighted by Gasteiger charge is -2.17. The minimum atomic E-state index is -1.61. The molecule has 1 fully saturated rings. The van der Waals surface area contributed by atoms with Gasteiger partial charge in [-0.05, 0) is 19.3 Å². The molecule has 7 heteroatoms. The summed E-state index contributed by atoms with van der Waals surface area (Å²) in [6.07, 6.45) is 0.810. The van der Waals surface area contributed by atoms with E-state index in [-0.39, 0.29) is 6.42 Å². The monoisotopic (exact) mass is 342 g/mol. The molecule has 6 nitrogen and oxygen atoms in total. The van der Waals surface area contributed by atoms with E-state index in [2.05, 4.69) is 31.1 Å². The van der Waals surface area contributed by atoms with Crippen molar-refractivity contribution in [1.82, 2.24) is 0 Å². The van der Waals surface area contributed by atoms with Crippen LogP contribution in [0.25, 0.3) is 0 Å². The normalized spacial score (nSPS) is 21.8. The summed E-state index contributed by atoms with van der Waals surface area (Å²) in [6, 6.07) is 0. The SMILES string of the molecule is C[Si](C)(C)C#C[C@H](O)[C@@H]1OC(=O)O[C@H]1CCCCCCC(=O)O. The van der Waals surface area contributed by atoms with Gasteiger partial charge in [-0.1, -0.05) is 38.4 Å². The molecule has 0 radical (unpaired) electrons. The lowest BCUT2D eigenvalue weighted by Crippen LogP contribution is -2.34. The zero-order valence-corrected chi connectivity index (χ0v) is 15.0. The second-order valence-electron chi connectivity index (χ2n) is 6.80. The van der Waals surface area contributed by atoms with Crippen LogP contribution in [0.2, 0.25) is 19.6 Å². The first-order valence-electron chi connectivity index (χ1n) is 7.99. The first-order chi connectivity index (χ1) is 10.7. The molecule has 1 aliphatic rings. The Morgan fingerprint density at radius 1 is 1.22 bits per heavy atom. The van der Waals surface area contributed by atoms with E-state index < -0.39 is 38.5 Å². The fourth-order valence-electron chi connectivity index (χ4n) is 2.24. The van der Waals surface area contributed by atoms with Crippen molar-refractivity contribution in [3.63, 3.8) is 0 Å². The van der Waals surface area contributed by atoms with Gasteiger partial charge in [0.05, 0.1) is 0 Å². The number of rotatable bonds is 8. The molecule has 1 aliphatic heterocycles. The molecule has 1 rings (SSSR count). The average molecular weight is 342 g/mol. The topological polar surface area (TPSA) is 93.1 Å². The predicted molar refractivity (Wildman–Crippen MR) is 87.6 cm³/mol. The van der Waals surface area contributed by atoms with E-state index in [1.165, 1.54) is 0 Å². The molecule has 130 valence electrons. The summed E-state index contributed by atoms with van der Waals surface area (Å²) in [7, 11) is -1.61. The van der Waals surface area contributed by atoms with Crippen molar-refractivity contribution in [2.75, 3.05) is 0 Å². The van der Waals surface area contributed by atoms with Crippen LogP contribution in [-0.4, -0.2) is 48.7 Å². The molecule has 0 aromatic heterocycles.